The molecule has 16 heavy (non-hydrogen) atoms. The van der Waals surface area contributed by atoms with Crippen LogP contribution < -0.4 is 0 Å². The molecule has 0 aromatic heterocycles. The number of hydrogen-bond acceptors (Lipinski definition) is 1. The maximum atomic E-state index is 10.3. The lowest BCUT2D eigenvalue weighted by Crippen LogP contribution is -1.94. The summed E-state index contributed by atoms with van der Waals surface area (Å²) in [5.41, 5.74) is 2.86. The predicted molar refractivity (Wildman–Crippen MR) is 71.5 cm³/mol. The van der Waals surface area contributed by atoms with Gasteiger partial charge in [-0.1, -0.05) is 30.2 Å². The van der Waals surface area contributed by atoms with Crippen molar-refractivity contribution in [3.63, 3.8) is 0 Å². The maximum absolute atomic E-state index is 10.3. The van der Waals surface area contributed by atoms with Crippen molar-refractivity contribution in [2.45, 2.75) is 59.8 Å². The van der Waals surface area contributed by atoms with Gasteiger partial charge in [0.15, 0.2) is 0 Å². The topological polar surface area (TPSA) is 17.1 Å². The molecule has 0 aliphatic rings. The molecule has 0 radical (unpaired) electrons. The molecule has 0 aliphatic heterocycles. The second-order valence-corrected chi connectivity index (χ2v) is 4.96. The summed E-state index contributed by atoms with van der Waals surface area (Å²) in [5.74, 6) is 0.527. The highest BCUT2D eigenvalue weighted by molar-refractivity contribution is 5.49. The van der Waals surface area contributed by atoms with Crippen LogP contribution in [-0.2, 0) is 4.79 Å². The van der Waals surface area contributed by atoms with E-state index in [2.05, 4.69) is 39.8 Å². The van der Waals surface area contributed by atoms with Crippen LogP contribution in [0.1, 0.15) is 59.8 Å². The highest BCUT2D eigenvalue weighted by Crippen LogP contribution is 2.12. The summed E-state index contributed by atoms with van der Waals surface area (Å²) in [7, 11) is 0. The Labute approximate surface area is 101 Å². The lowest BCUT2D eigenvalue weighted by Gasteiger charge is -2.05. The highest BCUT2D eigenvalue weighted by Gasteiger charge is 1.99. The van der Waals surface area contributed by atoms with Gasteiger partial charge in [0.2, 0.25) is 0 Å². The maximum Gasteiger partial charge on any atom is 0.120 e. The predicted octanol–water partition coefficient (Wildman–Crippen LogP) is 4.68. The number of rotatable bonds is 8. The quantitative estimate of drug-likeness (QED) is 0.430. The monoisotopic (exact) mass is 222 g/mol. The fraction of sp³-hybridized carbons (Fsp3) is 0.667. The zero-order valence-electron chi connectivity index (χ0n) is 11.3. The third kappa shape index (κ3) is 9.70. The Kier molecular flexibility index (Phi) is 8.88. The second kappa shape index (κ2) is 9.38. The van der Waals surface area contributed by atoms with Crippen molar-refractivity contribution in [2.75, 3.05) is 0 Å². The van der Waals surface area contributed by atoms with Gasteiger partial charge in [0, 0.05) is 6.42 Å². The van der Waals surface area contributed by atoms with Gasteiger partial charge in [0.1, 0.15) is 6.29 Å². The van der Waals surface area contributed by atoms with Crippen molar-refractivity contribution < 1.29 is 4.79 Å². The molecule has 1 heteroatoms. The molecule has 0 aliphatic carbocycles. The average molecular weight is 222 g/mol. The van der Waals surface area contributed by atoms with Crippen LogP contribution in [-0.4, -0.2) is 6.29 Å². The van der Waals surface area contributed by atoms with E-state index in [4.69, 9.17) is 0 Å². The molecule has 0 aromatic rings. The third-order valence-corrected chi connectivity index (χ3v) is 2.74. The van der Waals surface area contributed by atoms with E-state index < -0.39 is 0 Å². The fourth-order valence-corrected chi connectivity index (χ4v) is 1.59. The minimum Gasteiger partial charge on any atom is -0.303 e. The molecular formula is C15H26O. The van der Waals surface area contributed by atoms with E-state index in [-0.39, 0.29) is 0 Å². The van der Waals surface area contributed by atoms with Crippen LogP contribution in [0.3, 0.4) is 0 Å². The molecule has 0 saturated heterocycles. The van der Waals surface area contributed by atoms with Gasteiger partial charge >= 0.3 is 0 Å². The SMILES string of the molecule is CC(C)=CCCC(C)=CCC[C@@H](C)CC=O. The first kappa shape index (κ1) is 15.2. The van der Waals surface area contributed by atoms with E-state index in [0.717, 1.165) is 32.0 Å². The smallest absolute Gasteiger partial charge is 0.120 e. The van der Waals surface area contributed by atoms with Crippen LogP contribution in [0.25, 0.3) is 0 Å². The molecule has 0 rings (SSSR count). The standard InChI is InChI=1S/C15H26O/c1-13(2)7-5-8-14(3)9-6-10-15(4)11-12-16/h7,9,12,15H,5-6,8,10-11H2,1-4H3/t15-/m1/s1. The van der Waals surface area contributed by atoms with Crippen molar-refractivity contribution in [2.24, 2.45) is 5.92 Å². The number of carbonyl (C=O) groups excluding carboxylic acids is 1. The van der Waals surface area contributed by atoms with Crippen LogP contribution in [0, 0.1) is 5.92 Å². The summed E-state index contributed by atoms with van der Waals surface area (Å²) in [6.07, 6.45) is 10.9. The normalized spacial score (nSPS) is 13.4. The minimum atomic E-state index is 0.527. The molecular weight excluding hydrogens is 196 g/mol. The summed E-state index contributed by atoms with van der Waals surface area (Å²) in [5, 5.41) is 0. The fourth-order valence-electron chi connectivity index (χ4n) is 1.59. The summed E-state index contributed by atoms with van der Waals surface area (Å²) in [6.45, 7) is 8.62. The zero-order valence-corrected chi connectivity index (χ0v) is 11.3. The first-order chi connectivity index (χ1) is 7.56. The molecule has 0 aromatic carbocycles. The molecule has 0 bridgehead atoms. The second-order valence-electron chi connectivity index (χ2n) is 4.96. The molecule has 1 nitrogen and oxygen atoms in total. The van der Waals surface area contributed by atoms with Crippen LogP contribution in [0.15, 0.2) is 23.3 Å². The van der Waals surface area contributed by atoms with Crippen molar-refractivity contribution in [3.8, 4) is 0 Å². The van der Waals surface area contributed by atoms with E-state index in [1.165, 1.54) is 11.1 Å². The summed E-state index contributed by atoms with van der Waals surface area (Å²) in [4.78, 5) is 10.3. The van der Waals surface area contributed by atoms with Crippen LogP contribution in [0.2, 0.25) is 0 Å². The molecule has 0 saturated carbocycles. The van der Waals surface area contributed by atoms with E-state index in [0.29, 0.717) is 12.3 Å². The Morgan fingerprint density at radius 3 is 2.38 bits per heavy atom. The largest absolute Gasteiger partial charge is 0.303 e. The van der Waals surface area contributed by atoms with Gasteiger partial charge in [0.25, 0.3) is 0 Å². The van der Waals surface area contributed by atoms with Crippen LogP contribution >= 0.6 is 0 Å². The number of carbonyl (C=O) groups is 1. The van der Waals surface area contributed by atoms with E-state index in [1.807, 2.05) is 0 Å². The third-order valence-electron chi connectivity index (χ3n) is 2.74. The van der Waals surface area contributed by atoms with Gasteiger partial charge in [-0.15, -0.1) is 0 Å². The summed E-state index contributed by atoms with van der Waals surface area (Å²) < 4.78 is 0. The molecule has 0 spiro atoms. The Morgan fingerprint density at radius 1 is 1.12 bits per heavy atom. The van der Waals surface area contributed by atoms with Gasteiger partial charge in [-0.05, 0) is 52.4 Å². The van der Waals surface area contributed by atoms with Gasteiger partial charge in [-0.2, -0.15) is 0 Å². The molecule has 92 valence electrons. The molecule has 0 N–H and O–H groups in total. The first-order valence-electron chi connectivity index (χ1n) is 6.29. The lowest BCUT2D eigenvalue weighted by molar-refractivity contribution is -0.108. The molecule has 0 unspecified atom stereocenters. The van der Waals surface area contributed by atoms with Crippen molar-refractivity contribution in [1.82, 2.24) is 0 Å². The van der Waals surface area contributed by atoms with Gasteiger partial charge in [0.05, 0.1) is 0 Å². The summed E-state index contributed by atoms with van der Waals surface area (Å²) in [6, 6.07) is 0. The Balaban J connectivity index is 3.70. The number of aldehydes is 1. The molecule has 0 heterocycles. The summed E-state index contributed by atoms with van der Waals surface area (Å²) >= 11 is 0. The molecule has 1 atom stereocenters. The number of allylic oxidation sites excluding steroid dienone is 4. The van der Waals surface area contributed by atoms with E-state index in [1.54, 1.807) is 0 Å². The molecule has 0 fully saturated rings. The van der Waals surface area contributed by atoms with Gasteiger partial charge in [-0.25, -0.2) is 0 Å². The van der Waals surface area contributed by atoms with Crippen LogP contribution in [0.4, 0.5) is 0 Å². The van der Waals surface area contributed by atoms with E-state index >= 15 is 0 Å². The molecule has 0 amide bonds. The Hall–Kier alpha value is -0.850. The lowest BCUT2D eigenvalue weighted by atomic mass is 10.0. The van der Waals surface area contributed by atoms with Gasteiger partial charge in [-0.3, -0.25) is 0 Å². The number of hydrogen-bond donors (Lipinski definition) is 0. The average Bonchev–Trinajstić information content (AvgIpc) is 2.17. The highest BCUT2D eigenvalue weighted by atomic mass is 16.1. The first-order valence-corrected chi connectivity index (χ1v) is 6.29. The Bertz CT molecular complexity index is 244. The van der Waals surface area contributed by atoms with Crippen LogP contribution in [0.5, 0.6) is 0 Å². The van der Waals surface area contributed by atoms with Gasteiger partial charge < -0.3 is 4.79 Å². The minimum absolute atomic E-state index is 0.527. The zero-order chi connectivity index (χ0) is 12.4. The van der Waals surface area contributed by atoms with Crippen molar-refractivity contribution >= 4 is 6.29 Å². The van der Waals surface area contributed by atoms with Crippen molar-refractivity contribution in [1.29, 1.82) is 0 Å². The van der Waals surface area contributed by atoms with E-state index in [9.17, 15) is 4.79 Å². The van der Waals surface area contributed by atoms with Crippen molar-refractivity contribution in [3.05, 3.63) is 23.3 Å². The Morgan fingerprint density at radius 2 is 1.81 bits per heavy atom.